The number of hydrogen-bond donors (Lipinski definition) is 1. The minimum Gasteiger partial charge on any atom is -0.367 e. The molecule has 46 heavy (non-hydrogen) atoms. The van der Waals surface area contributed by atoms with Crippen molar-refractivity contribution >= 4 is 35.1 Å². The average molecular weight is 637 g/mol. The molecule has 0 unspecified atom stereocenters. The Morgan fingerprint density at radius 1 is 0.891 bits per heavy atom. The fourth-order valence-electron chi connectivity index (χ4n) is 5.94. The van der Waals surface area contributed by atoms with Crippen LogP contribution >= 0.6 is 11.8 Å². The Kier molecular flexibility index (Phi) is 10.7. The van der Waals surface area contributed by atoms with Gasteiger partial charge in [-0.25, -0.2) is 4.39 Å². The lowest BCUT2D eigenvalue weighted by Crippen LogP contribution is -2.47. The van der Waals surface area contributed by atoms with Crippen molar-refractivity contribution in [3.8, 4) is 0 Å². The number of rotatable bonds is 9. The summed E-state index contributed by atoms with van der Waals surface area (Å²) in [7, 11) is 0. The van der Waals surface area contributed by atoms with E-state index in [9.17, 15) is 9.18 Å². The van der Waals surface area contributed by atoms with Crippen LogP contribution in [0, 0.1) is 12.7 Å². The maximum absolute atomic E-state index is 14.1. The summed E-state index contributed by atoms with van der Waals surface area (Å²) in [6.07, 6.45) is 3.02. The van der Waals surface area contributed by atoms with Gasteiger partial charge >= 0.3 is 0 Å². The minimum atomic E-state index is -0.164. The number of halogens is 1. The molecule has 2 aliphatic heterocycles. The summed E-state index contributed by atoms with van der Waals surface area (Å²) in [5, 5.41) is 3.06. The van der Waals surface area contributed by atoms with E-state index in [0.717, 1.165) is 56.2 Å². The molecule has 1 N–H and O–H groups in total. The SMILES string of the molecule is Cc1ccccc1CN1COC/C(=C\c2ccc(C(=O)NCCCN3CCN(c4ccccc4F)CC3)cc2)Sc2ccccc21. The van der Waals surface area contributed by atoms with Crippen LogP contribution in [0.4, 0.5) is 15.8 Å². The van der Waals surface area contributed by atoms with Crippen molar-refractivity contribution in [1.29, 1.82) is 0 Å². The van der Waals surface area contributed by atoms with Crippen LogP contribution in [-0.2, 0) is 11.3 Å². The Morgan fingerprint density at radius 2 is 1.61 bits per heavy atom. The van der Waals surface area contributed by atoms with Gasteiger partial charge in [0, 0.05) is 54.6 Å². The molecule has 4 aromatic rings. The number of aryl methyl sites for hydroxylation is 1. The van der Waals surface area contributed by atoms with Crippen molar-refractivity contribution in [2.45, 2.75) is 24.8 Å². The Balaban J connectivity index is 0.984. The molecular formula is C38H41FN4O2S. The van der Waals surface area contributed by atoms with E-state index in [1.165, 1.54) is 27.8 Å². The second-order valence-electron chi connectivity index (χ2n) is 11.8. The van der Waals surface area contributed by atoms with Crippen LogP contribution in [-0.4, -0.2) is 63.4 Å². The number of piperazine rings is 1. The van der Waals surface area contributed by atoms with Gasteiger partial charge in [0.05, 0.1) is 18.0 Å². The third kappa shape index (κ3) is 8.18. The topological polar surface area (TPSA) is 48.1 Å². The lowest BCUT2D eigenvalue weighted by atomic mass is 10.1. The van der Waals surface area contributed by atoms with Gasteiger partial charge in [0.25, 0.3) is 5.91 Å². The smallest absolute Gasteiger partial charge is 0.251 e. The molecule has 1 amide bonds. The summed E-state index contributed by atoms with van der Waals surface area (Å²) in [4.78, 5) is 21.9. The zero-order valence-corrected chi connectivity index (χ0v) is 27.1. The molecule has 2 aliphatic rings. The van der Waals surface area contributed by atoms with Gasteiger partial charge in [-0.05, 0) is 79.1 Å². The number of nitrogens with one attached hydrogen (secondary N) is 1. The van der Waals surface area contributed by atoms with E-state index in [4.69, 9.17) is 4.74 Å². The van der Waals surface area contributed by atoms with E-state index in [-0.39, 0.29) is 11.7 Å². The van der Waals surface area contributed by atoms with E-state index in [1.54, 1.807) is 17.8 Å². The highest BCUT2D eigenvalue weighted by atomic mass is 32.2. The van der Waals surface area contributed by atoms with Crippen LogP contribution in [0.1, 0.15) is 33.5 Å². The quantitative estimate of drug-likeness (QED) is 0.196. The van der Waals surface area contributed by atoms with Gasteiger partial charge in [-0.2, -0.15) is 0 Å². The van der Waals surface area contributed by atoms with Crippen LogP contribution in [0.15, 0.2) is 107 Å². The molecule has 4 aromatic carbocycles. The second-order valence-corrected chi connectivity index (χ2v) is 13.0. The molecule has 0 spiro atoms. The van der Waals surface area contributed by atoms with Crippen molar-refractivity contribution < 1.29 is 13.9 Å². The highest BCUT2D eigenvalue weighted by molar-refractivity contribution is 8.03. The molecule has 0 atom stereocenters. The van der Waals surface area contributed by atoms with Crippen LogP contribution in [0.2, 0.25) is 0 Å². The van der Waals surface area contributed by atoms with Gasteiger partial charge in [0.1, 0.15) is 12.5 Å². The van der Waals surface area contributed by atoms with Gasteiger partial charge in [0.15, 0.2) is 0 Å². The Morgan fingerprint density at radius 3 is 2.39 bits per heavy atom. The molecule has 0 bridgehead atoms. The summed E-state index contributed by atoms with van der Waals surface area (Å²) in [5.74, 6) is -0.224. The average Bonchev–Trinajstić information content (AvgIpc) is 3.07. The van der Waals surface area contributed by atoms with E-state index < -0.39 is 0 Å². The molecule has 6 nitrogen and oxygen atoms in total. The minimum absolute atomic E-state index is 0.0603. The normalized spacial score (nSPS) is 16.5. The molecule has 0 saturated carbocycles. The predicted molar refractivity (Wildman–Crippen MR) is 187 cm³/mol. The predicted octanol–water partition coefficient (Wildman–Crippen LogP) is 7.20. The van der Waals surface area contributed by atoms with E-state index in [0.29, 0.717) is 31.1 Å². The molecule has 0 aromatic heterocycles. The van der Waals surface area contributed by atoms with Gasteiger partial charge in [0.2, 0.25) is 0 Å². The number of benzene rings is 4. The number of fused-ring (bicyclic) bond motifs is 1. The summed E-state index contributed by atoms with van der Waals surface area (Å²) >= 11 is 1.73. The van der Waals surface area contributed by atoms with Crippen molar-refractivity contribution in [3.05, 3.63) is 130 Å². The molecule has 6 rings (SSSR count). The lowest BCUT2D eigenvalue weighted by molar-refractivity contribution is 0.0951. The van der Waals surface area contributed by atoms with E-state index in [1.807, 2.05) is 36.4 Å². The fourth-order valence-corrected chi connectivity index (χ4v) is 7.01. The van der Waals surface area contributed by atoms with Crippen LogP contribution < -0.4 is 15.1 Å². The number of thioether (sulfide) groups is 1. The zero-order chi connectivity index (χ0) is 31.7. The number of amides is 1. The Labute approximate surface area is 275 Å². The molecule has 1 saturated heterocycles. The molecule has 238 valence electrons. The monoisotopic (exact) mass is 636 g/mol. The molecule has 1 fully saturated rings. The third-order valence-corrected chi connectivity index (χ3v) is 9.63. The van der Waals surface area contributed by atoms with Crippen molar-refractivity contribution in [2.75, 3.05) is 62.4 Å². The fraction of sp³-hybridized carbons (Fsp3) is 0.289. The summed E-state index contributed by atoms with van der Waals surface area (Å²) in [6, 6.07) is 31.7. The molecule has 8 heteroatoms. The number of nitrogens with zero attached hydrogens (tertiary/aromatic N) is 3. The zero-order valence-electron chi connectivity index (χ0n) is 26.3. The summed E-state index contributed by atoms with van der Waals surface area (Å²) in [6.45, 7) is 8.88. The van der Waals surface area contributed by atoms with E-state index in [2.05, 4.69) is 81.5 Å². The van der Waals surface area contributed by atoms with Gasteiger partial charge in [-0.3, -0.25) is 9.69 Å². The Bertz CT molecular complexity index is 1650. The second kappa shape index (κ2) is 15.5. The van der Waals surface area contributed by atoms with Crippen LogP contribution in [0.5, 0.6) is 0 Å². The number of ether oxygens (including phenoxy) is 1. The van der Waals surface area contributed by atoms with Crippen LogP contribution in [0.25, 0.3) is 6.08 Å². The van der Waals surface area contributed by atoms with E-state index >= 15 is 0 Å². The first kappa shape index (κ1) is 31.9. The van der Waals surface area contributed by atoms with Crippen molar-refractivity contribution in [1.82, 2.24) is 10.2 Å². The maximum Gasteiger partial charge on any atom is 0.251 e. The highest BCUT2D eigenvalue weighted by Gasteiger charge is 2.20. The lowest BCUT2D eigenvalue weighted by Gasteiger charge is -2.36. The van der Waals surface area contributed by atoms with Gasteiger partial charge in [-0.15, -0.1) is 0 Å². The first-order valence-corrected chi connectivity index (χ1v) is 16.8. The number of carbonyl (C=O) groups is 1. The number of para-hydroxylation sites is 2. The maximum atomic E-state index is 14.1. The number of carbonyl (C=O) groups excluding carboxylic acids is 1. The highest BCUT2D eigenvalue weighted by Crippen LogP contribution is 2.38. The molecule has 2 heterocycles. The van der Waals surface area contributed by atoms with Crippen LogP contribution in [0.3, 0.4) is 0 Å². The van der Waals surface area contributed by atoms with Crippen molar-refractivity contribution in [2.24, 2.45) is 0 Å². The molecular weight excluding hydrogens is 596 g/mol. The van der Waals surface area contributed by atoms with Gasteiger partial charge < -0.3 is 19.9 Å². The summed E-state index contributed by atoms with van der Waals surface area (Å²) in [5.41, 5.74) is 6.10. The van der Waals surface area contributed by atoms with Gasteiger partial charge in [-0.1, -0.05) is 72.4 Å². The largest absolute Gasteiger partial charge is 0.367 e. The summed E-state index contributed by atoms with van der Waals surface area (Å²) < 4.78 is 20.3. The Hall–Kier alpha value is -4.11. The third-order valence-electron chi connectivity index (χ3n) is 8.56. The van der Waals surface area contributed by atoms with Crippen molar-refractivity contribution in [3.63, 3.8) is 0 Å². The first-order valence-electron chi connectivity index (χ1n) is 16.0. The molecule has 0 aliphatic carbocycles. The number of anilines is 2. The molecule has 0 radical (unpaired) electrons. The standard InChI is InChI=1S/C38H41FN4O2S/c1-29-9-2-3-10-32(29)26-43-28-45-27-33(46-37-14-7-6-13-36(37)43)25-30-15-17-31(18-16-30)38(44)40-19-8-20-41-21-23-42(24-22-41)35-12-5-4-11-34(35)39/h2-7,9-18,25H,8,19-24,26-28H2,1H3,(H,40,44)/b33-25+. The first-order chi connectivity index (χ1) is 22.5. The number of hydrogen-bond acceptors (Lipinski definition) is 6.